The van der Waals surface area contributed by atoms with Gasteiger partial charge in [0, 0.05) is 18.3 Å². The molecule has 0 saturated carbocycles. The molecule has 0 atom stereocenters. The van der Waals surface area contributed by atoms with Crippen LogP contribution in [0.2, 0.25) is 0 Å². The summed E-state index contributed by atoms with van der Waals surface area (Å²) in [7, 11) is 0. The quantitative estimate of drug-likeness (QED) is 0.468. The van der Waals surface area contributed by atoms with Gasteiger partial charge >= 0.3 is 0 Å². The van der Waals surface area contributed by atoms with Crippen LogP contribution < -0.4 is 0 Å². The molecule has 0 unspecified atom stereocenters. The predicted octanol–water partition coefficient (Wildman–Crippen LogP) is 3.21. The van der Waals surface area contributed by atoms with E-state index in [-0.39, 0.29) is 5.69 Å². The molecule has 0 amide bonds. The Labute approximate surface area is 105 Å². The lowest BCUT2D eigenvalue weighted by Gasteiger charge is -1.97. The van der Waals surface area contributed by atoms with Gasteiger partial charge in [0.25, 0.3) is 5.69 Å². The first-order valence-corrected chi connectivity index (χ1v) is 5.54. The minimum absolute atomic E-state index is 0.0995. The highest BCUT2D eigenvalue weighted by molar-refractivity contribution is 5.79. The van der Waals surface area contributed by atoms with Crippen LogP contribution in [0, 0.1) is 10.1 Å². The van der Waals surface area contributed by atoms with Crippen molar-refractivity contribution >= 4 is 11.9 Å². The molecule has 0 N–H and O–H groups in total. The van der Waals surface area contributed by atoms with Crippen molar-refractivity contribution in [3.63, 3.8) is 0 Å². The fourth-order valence-electron chi connectivity index (χ4n) is 1.56. The smallest absolute Gasteiger partial charge is 0.269 e. The molecule has 4 nitrogen and oxygen atoms in total. The second-order valence-electron chi connectivity index (χ2n) is 3.81. The van der Waals surface area contributed by atoms with E-state index in [1.54, 1.807) is 18.3 Å². The van der Waals surface area contributed by atoms with E-state index in [0.29, 0.717) is 6.54 Å². The van der Waals surface area contributed by atoms with Gasteiger partial charge in [-0.2, -0.15) is 0 Å². The summed E-state index contributed by atoms with van der Waals surface area (Å²) in [6.07, 6.45) is 1.76. The van der Waals surface area contributed by atoms with Gasteiger partial charge in [-0.1, -0.05) is 42.5 Å². The number of hydrogen-bond acceptors (Lipinski definition) is 3. The fourth-order valence-corrected chi connectivity index (χ4v) is 1.56. The average Bonchev–Trinajstić information content (AvgIpc) is 2.40. The fraction of sp³-hybridized carbons (Fsp3) is 0.0714. The third kappa shape index (κ3) is 3.25. The lowest BCUT2D eigenvalue weighted by atomic mass is 10.2. The van der Waals surface area contributed by atoms with Gasteiger partial charge in [0.1, 0.15) is 0 Å². The SMILES string of the molecule is O=[N+]([O-])c1cccc(CN=Cc2ccccc2)c1. The summed E-state index contributed by atoms with van der Waals surface area (Å²) in [6.45, 7) is 0.441. The number of rotatable bonds is 4. The molecule has 0 aliphatic carbocycles. The molecule has 0 fully saturated rings. The van der Waals surface area contributed by atoms with Crippen LogP contribution in [0.3, 0.4) is 0 Å². The zero-order valence-corrected chi connectivity index (χ0v) is 9.69. The van der Waals surface area contributed by atoms with E-state index >= 15 is 0 Å². The van der Waals surface area contributed by atoms with E-state index in [1.165, 1.54) is 6.07 Å². The van der Waals surface area contributed by atoms with E-state index in [2.05, 4.69) is 4.99 Å². The maximum absolute atomic E-state index is 10.6. The largest absolute Gasteiger partial charge is 0.288 e. The van der Waals surface area contributed by atoms with Gasteiger partial charge in [-0.15, -0.1) is 0 Å². The maximum Gasteiger partial charge on any atom is 0.269 e. The maximum atomic E-state index is 10.6. The monoisotopic (exact) mass is 240 g/mol. The first-order valence-electron chi connectivity index (χ1n) is 5.54. The number of hydrogen-bond donors (Lipinski definition) is 0. The van der Waals surface area contributed by atoms with Crippen molar-refractivity contribution in [1.29, 1.82) is 0 Å². The van der Waals surface area contributed by atoms with Crippen molar-refractivity contribution in [2.45, 2.75) is 6.54 Å². The van der Waals surface area contributed by atoms with Crippen LogP contribution in [0.5, 0.6) is 0 Å². The summed E-state index contributed by atoms with van der Waals surface area (Å²) in [6, 6.07) is 16.3. The average molecular weight is 240 g/mol. The number of nitro groups is 1. The van der Waals surface area contributed by atoms with Gasteiger partial charge in [-0.25, -0.2) is 0 Å². The normalized spacial score (nSPS) is 10.7. The molecule has 0 saturated heterocycles. The van der Waals surface area contributed by atoms with Gasteiger partial charge < -0.3 is 0 Å². The van der Waals surface area contributed by atoms with Gasteiger partial charge in [-0.05, 0) is 11.1 Å². The predicted molar refractivity (Wildman–Crippen MR) is 70.8 cm³/mol. The van der Waals surface area contributed by atoms with Crippen molar-refractivity contribution in [3.05, 3.63) is 75.8 Å². The lowest BCUT2D eigenvalue weighted by Crippen LogP contribution is -1.90. The first kappa shape index (κ1) is 12.0. The first-order chi connectivity index (χ1) is 8.75. The second kappa shape index (κ2) is 5.72. The Hall–Kier alpha value is -2.49. The Morgan fingerprint density at radius 1 is 1.11 bits per heavy atom. The number of nitrogens with zero attached hydrogens (tertiary/aromatic N) is 2. The Balaban J connectivity index is 2.04. The zero-order valence-electron chi connectivity index (χ0n) is 9.69. The van der Waals surface area contributed by atoms with Crippen LogP contribution in [0.15, 0.2) is 59.6 Å². The molecule has 2 aromatic carbocycles. The molecule has 18 heavy (non-hydrogen) atoms. The van der Waals surface area contributed by atoms with Crippen LogP contribution in [0.4, 0.5) is 5.69 Å². The van der Waals surface area contributed by atoms with E-state index in [9.17, 15) is 10.1 Å². The van der Waals surface area contributed by atoms with Crippen molar-refractivity contribution in [2.24, 2.45) is 4.99 Å². The molecule has 0 heterocycles. The molecular weight excluding hydrogens is 228 g/mol. The van der Waals surface area contributed by atoms with Gasteiger partial charge in [0.05, 0.1) is 11.5 Å². The molecule has 0 bridgehead atoms. The van der Waals surface area contributed by atoms with Gasteiger partial charge in [0.15, 0.2) is 0 Å². The summed E-state index contributed by atoms with van der Waals surface area (Å²) >= 11 is 0. The highest BCUT2D eigenvalue weighted by Crippen LogP contribution is 2.13. The van der Waals surface area contributed by atoms with E-state index < -0.39 is 4.92 Å². The van der Waals surface area contributed by atoms with Crippen LogP contribution >= 0.6 is 0 Å². The topological polar surface area (TPSA) is 55.5 Å². The standard InChI is InChI=1S/C14H12N2O2/c17-16(18)14-8-4-7-13(9-14)11-15-10-12-5-2-1-3-6-12/h1-10H,11H2. The summed E-state index contributed by atoms with van der Waals surface area (Å²) < 4.78 is 0. The van der Waals surface area contributed by atoms with E-state index in [0.717, 1.165) is 11.1 Å². The molecule has 0 aromatic heterocycles. The summed E-state index contributed by atoms with van der Waals surface area (Å²) in [5, 5.41) is 10.6. The summed E-state index contributed by atoms with van der Waals surface area (Å²) in [4.78, 5) is 14.5. The molecule has 2 rings (SSSR count). The Kier molecular flexibility index (Phi) is 3.81. The third-order valence-electron chi connectivity index (χ3n) is 2.44. The minimum atomic E-state index is -0.398. The molecular formula is C14H12N2O2. The number of non-ortho nitro benzene ring substituents is 1. The van der Waals surface area contributed by atoms with Crippen molar-refractivity contribution in [1.82, 2.24) is 0 Å². The van der Waals surface area contributed by atoms with Crippen LogP contribution in [-0.2, 0) is 6.54 Å². The van der Waals surface area contributed by atoms with Crippen molar-refractivity contribution in [3.8, 4) is 0 Å². The highest BCUT2D eigenvalue weighted by Gasteiger charge is 2.04. The summed E-state index contributed by atoms with van der Waals surface area (Å²) in [5.41, 5.74) is 1.95. The molecule has 2 aromatic rings. The molecule has 0 aliphatic heterocycles. The van der Waals surface area contributed by atoms with Crippen molar-refractivity contribution in [2.75, 3.05) is 0 Å². The van der Waals surface area contributed by atoms with E-state index in [4.69, 9.17) is 0 Å². The van der Waals surface area contributed by atoms with Crippen LogP contribution in [-0.4, -0.2) is 11.1 Å². The number of benzene rings is 2. The molecule has 90 valence electrons. The van der Waals surface area contributed by atoms with E-state index in [1.807, 2.05) is 36.4 Å². The molecule has 0 spiro atoms. The molecule has 0 aliphatic rings. The minimum Gasteiger partial charge on any atom is -0.288 e. The van der Waals surface area contributed by atoms with Crippen molar-refractivity contribution < 1.29 is 4.92 Å². The van der Waals surface area contributed by atoms with Gasteiger partial charge in [0.2, 0.25) is 0 Å². The highest BCUT2D eigenvalue weighted by atomic mass is 16.6. The lowest BCUT2D eigenvalue weighted by molar-refractivity contribution is -0.384. The number of nitro benzene ring substituents is 1. The van der Waals surface area contributed by atoms with Crippen LogP contribution in [0.25, 0.3) is 0 Å². The van der Waals surface area contributed by atoms with Gasteiger partial charge in [-0.3, -0.25) is 15.1 Å². The Morgan fingerprint density at radius 3 is 2.61 bits per heavy atom. The number of aliphatic imine (C=N–C) groups is 1. The molecule has 0 radical (unpaired) electrons. The third-order valence-corrected chi connectivity index (χ3v) is 2.44. The Bertz CT molecular complexity index is 565. The zero-order chi connectivity index (χ0) is 12.8. The molecule has 4 heteroatoms. The van der Waals surface area contributed by atoms with Crippen LogP contribution in [0.1, 0.15) is 11.1 Å². The second-order valence-corrected chi connectivity index (χ2v) is 3.81. The summed E-state index contributed by atoms with van der Waals surface area (Å²) in [5.74, 6) is 0. The Morgan fingerprint density at radius 2 is 1.89 bits per heavy atom.